The molecule has 0 aliphatic rings. The topological polar surface area (TPSA) is 46.2 Å². The van der Waals surface area contributed by atoms with Gasteiger partial charge in [0.25, 0.3) is 0 Å². The molecule has 0 aliphatic carbocycles. The highest BCUT2D eigenvalue weighted by Gasteiger charge is 2.14. The first-order chi connectivity index (χ1) is 7.30. The van der Waals surface area contributed by atoms with E-state index < -0.39 is 10.0 Å². The van der Waals surface area contributed by atoms with Crippen LogP contribution < -0.4 is 4.72 Å². The molecule has 0 bridgehead atoms. The molecule has 0 atom stereocenters. The predicted octanol–water partition coefficient (Wildman–Crippen LogP) is 2.13. The monoisotopic (exact) mass is 241 g/mol. The van der Waals surface area contributed by atoms with Crippen LogP contribution >= 0.6 is 0 Å². The van der Waals surface area contributed by atoms with Crippen molar-refractivity contribution in [2.75, 3.05) is 0 Å². The summed E-state index contributed by atoms with van der Waals surface area (Å²) in [4.78, 5) is 0. The van der Waals surface area contributed by atoms with E-state index in [1.165, 1.54) is 0 Å². The Bertz CT molecular complexity index is 464. The van der Waals surface area contributed by atoms with E-state index in [1.54, 1.807) is 0 Å². The normalized spacial score (nSPS) is 12.1. The molecule has 0 radical (unpaired) electrons. The summed E-state index contributed by atoms with van der Waals surface area (Å²) in [5, 5.41) is 0. The second-order valence-corrected chi connectivity index (χ2v) is 6.22. The van der Waals surface area contributed by atoms with E-state index >= 15 is 0 Å². The van der Waals surface area contributed by atoms with Crippen LogP contribution in [0.2, 0.25) is 0 Å². The Hall–Kier alpha value is -0.870. The fourth-order valence-corrected chi connectivity index (χ4v) is 3.15. The zero-order valence-corrected chi connectivity index (χ0v) is 11.1. The van der Waals surface area contributed by atoms with Gasteiger partial charge in [-0.2, -0.15) is 0 Å². The van der Waals surface area contributed by atoms with Crippen LogP contribution in [0.25, 0.3) is 0 Å². The van der Waals surface area contributed by atoms with E-state index in [1.807, 2.05) is 45.9 Å². The van der Waals surface area contributed by atoms with Crippen molar-refractivity contribution in [3.05, 3.63) is 34.9 Å². The highest BCUT2D eigenvalue weighted by atomic mass is 32.2. The van der Waals surface area contributed by atoms with Gasteiger partial charge in [-0.15, -0.1) is 0 Å². The molecule has 0 unspecified atom stereocenters. The zero-order chi connectivity index (χ0) is 12.3. The fraction of sp³-hybridized carbons (Fsp3) is 0.500. The number of sulfonamides is 1. The lowest BCUT2D eigenvalue weighted by atomic mass is 10.1. The first-order valence-corrected chi connectivity index (χ1v) is 7.01. The molecule has 1 rings (SSSR count). The van der Waals surface area contributed by atoms with Gasteiger partial charge in [0, 0.05) is 6.04 Å². The van der Waals surface area contributed by atoms with Crippen LogP contribution in [0.4, 0.5) is 0 Å². The minimum atomic E-state index is -3.22. The van der Waals surface area contributed by atoms with Gasteiger partial charge in [0.2, 0.25) is 10.0 Å². The molecular weight excluding hydrogens is 222 g/mol. The number of nitrogens with one attached hydrogen (secondary N) is 1. The van der Waals surface area contributed by atoms with Crippen molar-refractivity contribution in [1.29, 1.82) is 0 Å². The molecule has 0 saturated carbocycles. The van der Waals surface area contributed by atoms with Gasteiger partial charge >= 0.3 is 0 Å². The molecule has 0 aliphatic heterocycles. The number of hydrogen-bond donors (Lipinski definition) is 1. The maximum atomic E-state index is 11.7. The second kappa shape index (κ2) is 4.97. The van der Waals surface area contributed by atoms with Crippen molar-refractivity contribution in [1.82, 2.24) is 4.72 Å². The van der Waals surface area contributed by atoms with Gasteiger partial charge in [-0.3, -0.25) is 0 Å². The van der Waals surface area contributed by atoms with Crippen molar-refractivity contribution in [2.45, 2.75) is 39.5 Å². The highest BCUT2D eigenvalue weighted by molar-refractivity contribution is 7.88. The number of rotatable bonds is 4. The quantitative estimate of drug-likeness (QED) is 0.877. The first-order valence-electron chi connectivity index (χ1n) is 5.36. The molecular formula is C12H19NO2S. The molecule has 0 saturated heterocycles. The van der Waals surface area contributed by atoms with Crippen molar-refractivity contribution < 1.29 is 8.42 Å². The highest BCUT2D eigenvalue weighted by Crippen LogP contribution is 2.13. The lowest BCUT2D eigenvalue weighted by molar-refractivity contribution is 0.569. The summed E-state index contributed by atoms with van der Waals surface area (Å²) >= 11 is 0. The molecule has 16 heavy (non-hydrogen) atoms. The summed E-state index contributed by atoms with van der Waals surface area (Å²) in [5.74, 6) is 0.0529. The lowest BCUT2D eigenvalue weighted by Crippen LogP contribution is -2.31. The van der Waals surface area contributed by atoms with Crippen LogP contribution in [0.3, 0.4) is 0 Å². The summed E-state index contributed by atoms with van der Waals surface area (Å²) in [7, 11) is -3.22. The molecule has 1 N–H and O–H groups in total. The van der Waals surface area contributed by atoms with Crippen molar-refractivity contribution in [3.8, 4) is 0 Å². The standard InChI is InChI=1S/C12H19NO2S/c1-9(2)13-16(14,15)8-12-6-5-10(3)7-11(12)4/h5-7,9,13H,8H2,1-4H3. The van der Waals surface area contributed by atoms with Crippen molar-refractivity contribution >= 4 is 10.0 Å². The predicted molar refractivity (Wildman–Crippen MR) is 66.8 cm³/mol. The minimum absolute atomic E-state index is 0.0529. The largest absolute Gasteiger partial charge is 0.216 e. The smallest absolute Gasteiger partial charge is 0.212 e. The molecule has 3 nitrogen and oxygen atoms in total. The van der Waals surface area contributed by atoms with E-state index in [2.05, 4.69) is 4.72 Å². The van der Waals surface area contributed by atoms with Crippen LogP contribution in [-0.2, 0) is 15.8 Å². The molecule has 0 fully saturated rings. The third-order valence-corrected chi connectivity index (χ3v) is 3.78. The van der Waals surface area contributed by atoms with Crippen molar-refractivity contribution in [3.63, 3.8) is 0 Å². The average Bonchev–Trinajstić information content (AvgIpc) is 2.07. The third kappa shape index (κ3) is 3.94. The second-order valence-electron chi connectivity index (χ2n) is 4.46. The van der Waals surface area contributed by atoms with Crippen LogP contribution in [0.1, 0.15) is 30.5 Å². The summed E-state index contributed by atoms with van der Waals surface area (Å²) < 4.78 is 26.1. The Kier molecular flexibility index (Phi) is 4.10. The third-order valence-electron chi connectivity index (χ3n) is 2.26. The van der Waals surface area contributed by atoms with Crippen molar-refractivity contribution in [2.24, 2.45) is 0 Å². The fourth-order valence-electron chi connectivity index (χ4n) is 1.61. The van der Waals surface area contributed by atoms with Gasteiger partial charge in [-0.25, -0.2) is 13.1 Å². The molecule has 90 valence electrons. The molecule has 0 spiro atoms. The van der Waals surface area contributed by atoms with Gasteiger partial charge in [-0.05, 0) is 38.8 Å². The Morgan fingerprint density at radius 2 is 1.88 bits per heavy atom. The van der Waals surface area contributed by atoms with E-state index in [9.17, 15) is 8.42 Å². The zero-order valence-electron chi connectivity index (χ0n) is 10.2. The summed E-state index contributed by atoms with van der Waals surface area (Å²) in [6, 6.07) is 5.76. The van der Waals surface area contributed by atoms with E-state index in [4.69, 9.17) is 0 Å². The van der Waals surface area contributed by atoms with E-state index in [0.29, 0.717) is 0 Å². The Morgan fingerprint density at radius 3 is 2.38 bits per heavy atom. The van der Waals surface area contributed by atoms with Crippen LogP contribution in [0.15, 0.2) is 18.2 Å². The van der Waals surface area contributed by atoms with Gasteiger partial charge in [0.05, 0.1) is 5.75 Å². The Labute approximate surface area is 97.9 Å². The number of aryl methyl sites for hydroxylation is 2. The van der Waals surface area contributed by atoms with Crippen LogP contribution in [0, 0.1) is 13.8 Å². The molecule has 1 aromatic carbocycles. The molecule has 0 amide bonds. The summed E-state index contributed by atoms with van der Waals surface area (Å²) in [5.41, 5.74) is 3.03. The summed E-state index contributed by atoms with van der Waals surface area (Å²) in [6.07, 6.45) is 0. The van der Waals surface area contributed by atoms with Gasteiger partial charge < -0.3 is 0 Å². The van der Waals surface area contributed by atoms with Gasteiger partial charge in [-0.1, -0.05) is 23.8 Å². The van der Waals surface area contributed by atoms with Crippen LogP contribution in [0.5, 0.6) is 0 Å². The molecule has 1 aromatic rings. The number of benzene rings is 1. The Morgan fingerprint density at radius 1 is 1.25 bits per heavy atom. The van der Waals surface area contributed by atoms with E-state index in [-0.39, 0.29) is 11.8 Å². The maximum absolute atomic E-state index is 11.7. The summed E-state index contributed by atoms with van der Waals surface area (Å²) in [6.45, 7) is 7.57. The molecule has 4 heteroatoms. The van der Waals surface area contributed by atoms with Crippen LogP contribution in [-0.4, -0.2) is 14.5 Å². The molecule has 0 aromatic heterocycles. The average molecular weight is 241 g/mol. The SMILES string of the molecule is Cc1ccc(CS(=O)(=O)NC(C)C)c(C)c1. The first kappa shape index (κ1) is 13.2. The number of hydrogen-bond acceptors (Lipinski definition) is 2. The maximum Gasteiger partial charge on any atom is 0.216 e. The lowest BCUT2D eigenvalue weighted by Gasteiger charge is -2.11. The molecule has 0 heterocycles. The van der Waals surface area contributed by atoms with E-state index in [0.717, 1.165) is 16.7 Å². The van der Waals surface area contributed by atoms with Gasteiger partial charge in [0.1, 0.15) is 0 Å². The Balaban J connectivity index is 2.88. The minimum Gasteiger partial charge on any atom is -0.212 e. The van der Waals surface area contributed by atoms with Gasteiger partial charge in [0.15, 0.2) is 0 Å².